The Morgan fingerprint density at radius 2 is 1.72 bits per heavy atom. The summed E-state index contributed by atoms with van der Waals surface area (Å²) in [5.74, 6) is -1.57. The number of amides is 2. The first-order chi connectivity index (χ1) is 13.7. The molecule has 1 aromatic heterocycles. The van der Waals surface area contributed by atoms with Gasteiger partial charge in [-0.3, -0.25) is 9.59 Å². The van der Waals surface area contributed by atoms with Gasteiger partial charge in [-0.15, -0.1) is 5.10 Å². The molecule has 0 atom stereocenters. The Balaban J connectivity index is 1.68. The molecule has 0 aliphatic rings. The van der Waals surface area contributed by atoms with Crippen molar-refractivity contribution in [1.29, 1.82) is 0 Å². The molecule has 29 heavy (non-hydrogen) atoms. The predicted octanol–water partition coefficient (Wildman–Crippen LogP) is 4.58. The first-order valence-electron chi connectivity index (χ1n) is 8.15. The van der Waals surface area contributed by atoms with Crippen LogP contribution in [0.2, 0.25) is 15.1 Å². The van der Waals surface area contributed by atoms with Crippen molar-refractivity contribution >= 4 is 58.0 Å². The molecular weight excluding hydrogens is 444 g/mol. The first kappa shape index (κ1) is 21.0. The van der Waals surface area contributed by atoms with Gasteiger partial charge >= 0.3 is 0 Å². The summed E-state index contributed by atoms with van der Waals surface area (Å²) in [4.78, 5) is 24.7. The van der Waals surface area contributed by atoms with Gasteiger partial charge in [0, 0.05) is 21.4 Å². The monoisotopic (exact) mass is 455 g/mol. The van der Waals surface area contributed by atoms with Crippen molar-refractivity contribution in [2.24, 2.45) is 0 Å². The molecule has 2 aromatic carbocycles. The topological polar surface area (TPSA) is 88.9 Å². The van der Waals surface area contributed by atoms with Gasteiger partial charge in [0.1, 0.15) is 12.4 Å². The Kier molecular flexibility index (Phi) is 6.36. The van der Waals surface area contributed by atoms with E-state index in [0.717, 1.165) is 6.07 Å². The fourth-order valence-electron chi connectivity index (χ4n) is 2.45. The fraction of sp³-hybridized carbons (Fsp3) is 0.111. The minimum atomic E-state index is -0.589. The molecular formula is C18H13Cl3FN5O2. The number of rotatable bonds is 5. The maximum Gasteiger partial charge on any atom is 0.278 e. The smallest absolute Gasteiger partial charge is 0.278 e. The Hall–Kier alpha value is -2.68. The largest absolute Gasteiger partial charge is 0.324 e. The molecule has 11 heteroatoms. The van der Waals surface area contributed by atoms with Gasteiger partial charge in [0.2, 0.25) is 5.91 Å². The number of hydrogen-bond donors (Lipinski definition) is 2. The highest BCUT2D eigenvalue weighted by atomic mass is 35.5. The molecule has 3 aromatic rings. The van der Waals surface area contributed by atoms with E-state index < -0.39 is 17.6 Å². The standard InChI is InChI=1S/C18H13Cl3FN5O2/c1-9-17(18(29)24-13-5-10(19)4-11(20)6-13)25-26-27(9)8-16(28)23-12-2-3-15(22)14(21)7-12/h2-7H,8H2,1H3,(H,23,28)(H,24,29). The van der Waals surface area contributed by atoms with Crippen LogP contribution in [0.5, 0.6) is 0 Å². The lowest BCUT2D eigenvalue weighted by Gasteiger charge is -2.07. The lowest BCUT2D eigenvalue weighted by Crippen LogP contribution is -2.21. The van der Waals surface area contributed by atoms with E-state index >= 15 is 0 Å². The summed E-state index contributed by atoms with van der Waals surface area (Å²) in [6.45, 7) is 1.39. The number of nitrogens with zero attached hydrogens (tertiary/aromatic N) is 3. The van der Waals surface area contributed by atoms with Crippen molar-refractivity contribution in [3.8, 4) is 0 Å². The van der Waals surface area contributed by atoms with Crippen LogP contribution in [0.25, 0.3) is 0 Å². The molecule has 0 aliphatic heterocycles. The minimum absolute atomic E-state index is 0.0405. The summed E-state index contributed by atoms with van der Waals surface area (Å²) in [5.41, 5.74) is 1.14. The van der Waals surface area contributed by atoms with E-state index in [1.807, 2.05) is 0 Å². The molecule has 150 valence electrons. The maximum atomic E-state index is 13.2. The van der Waals surface area contributed by atoms with E-state index in [1.165, 1.54) is 35.0 Å². The maximum absolute atomic E-state index is 13.2. The molecule has 2 amide bonds. The fourth-order valence-corrected chi connectivity index (χ4v) is 3.15. The second-order valence-electron chi connectivity index (χ2n) is 5.97. The Morgan fingerprint density at radius 1 is 1.03 bits per heavy atom. The van der Waals surface area contributed by atoms with Crippen molar-refractivity contribution in [3.63, 3.8) is 0 Å². The quantitative estimate of drug-likeness (QED) is 0.588. The molecule has 3 rings (SSSR count). The second kappa shape index (κ2) is 8.77. The number of anilines is 2. The van der Waals surface area contributed by atoms with Crippen LogP contribution in [0.4, 0.5) is 15.8 Å². The summed E-state index contributed by atoms with van der Waals surface area (Å²) in [6, 6.07) is 8.41. The zero-order chi connectivity index (χ0) is 21.1. The van der Waals surface area contributed by atoms with Crippen LogP contribution in [0.15, 0.2) is 36.4 Å². The van der Waals surface area contributed by atoms with Gasteiger partial charge in [0.15, 0.2) is 5.69 Å². The molecule has 0 unspecified atom stereocenters. The summed E-state index contributed by atoms with van der Waals surface area (Å²) in [7, 11) is 0. The first-order valence-corrected chi connectivity index (χ1v) is 9.29. The highest BCUT2D eigenvalue weighted by Crippen LogP contribution is 2.23. The molecule has 0 spiro atoms. The van der Waals surface area contributed by atoms with Gasteiger partial charge in [-0.2, -0.15) is 0 Å². The van der Waals surface area contributed by atoms with Crippen LogP contribution >= 0.6 is 34.8 Å². The van der Waals surface area contributed by atoms with Crippen molar-refractivity contribution in [1.82, 2.24) is 15.0 Å². The normalized spacial score (nSPS) is 10.7. The summed E-state index contributed by atoms with van der Waals surface area (Å²) >= 11 is 17.5. The van der Waals surface area contributed by atoms with E-state index in [9.17, 15) is 14.0 Å². The van der Waals surface area contributed by atoms with Gasteiger partial charge in [-0.1, -0.05) is 40.0 Å². The predicted molar refractivity (Wildman–Crippen MR) is 109 cm³/mol. The SMILES string of the molecule is Cc1c(C(=O)Nc2cc(Cl)cc(Cl)c2)nnn1CC(=O)Nc1ccc(F)c(Cl)c1. The van der Waals surface area contributed by atoms with E-state index in [0.29, 0.717) is 27.1 Å². The van der Waals surface area contributed by atoms with Gasteiger partial charge in [0.05, 0.1) is 10.7 Å². The van der Waals surface area contributed by atoms with Gasteiger partial charge in [-0.25, -0.2) is 9.07 Å². The molecule has 2 N–H and O–H groups in total. The number of carbonyl (C=O) groups is 2. The third-order valence-electron chi connectivity index (χ3n) is 3.81. The molecule has 0 radical (unpaired) electrons. The molecule has 0 fully saturated rings. The number of carbonyl (C=O) groups excluding carboxylic acids is 2. The molecule has 1 heterocycles. The highest BCUT2D eigenvalue weighted by Gasteiger charge is 2.18. The molecule has 7 nitrogen and oxygen atoms in total. The molecule has 0 bridgehead atoms. The van der Waals surface area contributed by atoms with E-state index in [1.54, 1.807) is 6.92 Å². The van der Waals surface area contributed by atoms with E-state index in [4.69, 9.17) is 34.8 Å². The number of halogens is 4. The third kappa shape index (κ3) is 5.23. The van der Waals surface area contributed by atoms with E-state index in [2.05, 4.69) is 20.9 Å². The van der Waals surface area contributed by atoms with Crippen LogP contribution < -0.4 is 10.6 Å². The Bertz CT molecular complexity index is 1080. The number of benzene rings is 2. The van der Waals surface area contributed by atoms with Crippen LogP contribution in [0, 0.1) is 12.7 Å². The zero-order valence-electron chi connectivity index (χ0n) is 14.8. The van der Waals surface area contributed by atoms with E-state index in [-0.39, 0.29) is 17.3 Å². The lowest BCUT2D eigenvalue weighted by atomic mass is 10.2. The van der Waals surface area contributed by atoms with Gasteiger partial charge in [-0.05, 0) is 43.3 Å². The van der Waals surface area contributed by atoms with Crippen molar-refractivity contribution < 1.29 is 14.0 Å². The van der Waals surface area contributed by atoms with Crippen LogP contribution in [-0.4, -0.2) is 26.8 Å². The summed E-state index contributed by atoms with van der Waals surface area (Å²) < 4.78 is 14.5. The molecule has 0 aliphatic carbocycles. The van der Waals surface area contributed by atoms with Gasteiger partial charge < -0.3 is 10.6 Å². The third-order valence-corrected chi connectivity index (χ3v) is 4.54. The molecule has 0 saturated heterocycles. The number of nitrogens with one attached hydrogen (secondary N) is 2. The highest BCUT2D eigenvalue weighted by molar-refractivity contribution is 6.35. The van der Waals surface area contributed by atoms with Crippen molar-refractivity contribution in [2.75, 3.05) is 10.6 Å². The average molecular weight is 457 g/mol. The van der Waals surface area contributed by atoms with Crippen LogP contribution in [0.3, 0.4) is 0 Å². The molecule has 0 saturated carbocycles. The lowest BCUT2D eigenvalue weighted by molar-refractivity contribution is -0.117. The summed E-state index contributed by atoms with van der Waals surface area (Å²) in [6.07, 6.45) is 0. The summed E-state index contributed by atoms with van der Waals surface area (Å²) in [5, 5.41) is 13.5. The van der Waals surface area contributed by atoms with Crippen molar-refractivity contribution in [3.05, 3.63) is 68.7 Å². The number of hydrogen-bond acceptors (Lipinski definition) is 4. The minimum Gasteiger partial charge on any atom is -0.324 e. The Labute approximate surface area is 179 Å². The number of aromatic nitrogens is 3. The van der Waals surface area contributed by atoms with Crippen molar-refractivity contribution in [2.45, 2.75) is 13.5 Å². The average Bonchev–Trinajstić information content (AvgIpc) is 2.98. The van der Waals surface area contributed by atoms with Crippen LogP contribution in [-0.2, 0) is 11.3 Å². The Morgan fingerprint density at radius 3 is 2.38 bits per heavy atom. The zero-order valence-corrected chi connectivity index (χ0v) is 17.1. The second-order valence-corrected chi connectivity index (χ2v) is 7.25. The van der Waals surface area contributed by atoms with Gasteiger partial charge in [0.25, 0.3) is 5.91 Å². The van der Waals surface area contributed by atoms with Crippen LogP contribution in [0.1, 0.15) is 16.2 Å².